The van der Waals surface area contributed by atoms with Crippen LogP contribution in [0.2, 0.25) is 0 Å². The maximum absolute atomic E-state index is 13.1. The first kappa shape index (κ1) is 26.1. The van der Waals surface area contributed by atoms with E-state index in [9.17, 15) is 9.59 Å². The van der Waals surface area contributed by atoms with Crippen LogP contribution in [0, 0.1) is 0 Å². The van der Waals surface area contributed by atoms with Gasteiger partial charge in [0.05, 0.1) is 24.4 Å². The number of nitrogens with zero attached hydrogens (tertiary/aromatic N) is 3. The van der Waals surface area contributed by atoms with Crippen molar-refractivity contribution in [3.05, 3.63) is 42.2 Å². The predicted molar refractivity (Wildman–Crippen MR) is 139 cm³/mol. The number of carbonyl (C=O) groups is 2. The van der Waals surface area contributed by atoms with Crippen molar-refractivity contribution in [3.63, 3.8) is 0 Å². The first-order chi connectivity index (χ1) is 17.2. The molecular weight excluding hydrogens is 458 g/mol. The third kappa shape index (κ3) is 6.21. The summed E-state index contributed by atoms with van der Waals surface area (Å²) in [5, 5.41) is 5.62. The van der Waals surface area contributed by atoms with E-state index in [2.05, 4.69) is 27.0 Å². The van der Waals surface area contributed by atoms with Gasteiger partial charge in [-0.05, 0) is 52.3 Å². The molecular formula is C27H37N5O4. The smallest absolute Gasteiger partial charge is 0.323 e. The molecule has 0 aliphatic carbocycles. The van der Waals surface area contributed by atoms with Crippen molar-refractivity contribution in [2.24, 2.45) is 5.73 Å². The number of hydrogen-bond acceptors (Lipinski definition) is 7. The van der Waals surface area contributed by atoms with Crippen molar-refractivity contribution >= 4 is 33.7 Å². The number of carbonyl (C=O) groups excluding carboxylic acids is 2. The van der Waals surface area contributed by atoms with Gasteiger partial charge in [-0.2, -0.15) is 0 Å². The quantitative estimate of drug-likeness (QED) is 0.347. The van der Waals surface area contributed by atoms with Gasteiger partial charge in [0.15, 0.2) is 0 Å². The number of fused-ring (bicyclic) bond motifs is 3. The summed E-state index contributed by atoms with van der Waals surface area (Å²) in [5.74, 6) is -0.289. The SMILES string of the molecule is CC(C)(C)OC(=O)C(N)CCCNCc1nccc2c3ccccc3n(CC(=O)N3CCOCC3)c12. The molecule has 1 saturated heterocycles. The van der Waals surface area contributed by atoms with Crippen molar-refractivity contribution in [2.75, 3.05) is 32.8 Å². The third-order valence-corrected chi connectivity index (χ3v) is 6.28. The molecule has 3 N–H and O–H groups in total. The molecule has 2 aromatic heterocycles. The molecule has 9 heteroatoms. The maximum atomic E-state index is 13.1. The molecule has 9 nitrogen and oxygen atoms in total. The van der Waals surface area contributed by atoms with Gasteiger partial charge in [0.25, 0.3) is 0 Å². The molecule has 1 atom stereocenters. The van der Waals surface area contributed by atoms with Crippen LogP contribution in [0.5, 0.6) is 0 Å². The number of pyridine rings is 1. The van der Waals surface area contributed by atoms with Gasteiger partial charge in [0, 0.05) is 42.1 Å². The highest BCUT2D eigenvalue weighted by Gasteiger charge is 2.23. The predicted octanol–water partition coefficient (Wildman–Crippen LogP) is 2.59. The van der Waals surface area contributed by atoms with Crippen LogP contribution in [0.15, 0.2) is 36.5 Å². The molecule has 36 heavy (non-hydrogen) atoms. The van der Waals surface area contributed by atoms with Crippen LogP contribution in [0.4, 0.5) is 0 Å². The molecule has 1 aliphatic rings. The van der Waals surface area contributed by atoms with Gasteiger partial charge in [-0.1, -0.05) is 18.2 Å². The summed E-state index contributed by atoms with van der Waals surface area (Å²) in [6.45, 7) is 9.38. The van der Waals surface area contributed by atoms with E-state index in [1.54, 1.807) is 0 Å². The lowest BCUT2D eigenvalue weighted by atomic mass is 10.1. The second-order valence-electron chi connectivity index (χ2n) is 10.2. The molecule has 0 bridgehead atoms. The number of morpholine rings is 1. The standard InChI is InChI=1S/C27H37N5O4/c1-27(2,3)36-26(34)21(28)8-6-11-29-17-22-25-20(10-12-30-22)19-7-4-5-9-23(19)32(25)18-24(33)31-13-15-35-16-14-31/h4-5,7,9-10,12,21,29H,6,8,11,13-18,28H2,1-3H3. The van der Waals surface area contributed by atoms with Gasteiger partial charge in [-0.15, -0.1) is 0 Å². The van der Waals surface area contributed by atoms with Crippen molar-refractivity contribution in [2.45, 2.75) is 58.3 Å². The Hall–Kier alpha value is -3.01. The monoisotopic (exact) mass is 495 g/mol. The Bertz CT molecular complexity index is 1210. The number of rotatable bonds is 9. The normalized spacial score (nSPS) is 15.4. The zero-order valence-corrected chi connectivity index (χ0v) is 21.5. The van der Waals surface area contributed by atoms with E-state index in [-0.39, 0.29) is 18.4 Å². The van der Waals surface area contributed by atoms with Crippen LogP contribution in [0.3, 0.4) is 0 Å². The summed E-state index contributed by atoms with van der Waals surface area (Å²) < 4.78 is 12.8. The fourth-order valence-corrected chi connectivity index (χ4v) is 4.56. The maximum Gasteiger partial charge on any atom is 0.323 e. The van der Waals surface area contributed by atoms with E-state index >= 15 is 0 Å². The molecule has 1 aromatic carbocycles. The molecule has 194 valence electrons. The Morgan fingerprint density at radius 3 is 2.67 bits per heavy atom. The number of nitrogens with two attached hydrogens (primary N) is 1. The van der Waals surface area contributed by atoms with Crippen molar-refractivity contribution in [3.8, 4) is 0 Å². The minimum atomic E-state index is -0.638. The lowest BCUT2D eigenvalue weighted by Crippen LogP contribution is -2.42. The van der Waals surface area contributed by atoms with E-state index in [0.29, 0.717) is 45.8 Å². The highest BCUT2D eigenvalue weighted by Crippen LogP contribution is 2.30. The van der Waals surface area contributed by atoms with Crippen LogP contribution in [-0.4, -0.2) is 70.8 Å². The molecule has 1 fully saturated rings. The van der Waals surface area contributed by atoms with Gasteiger partial charge in [-0.3, -0.25) is 14.6 Å². The topological polar surface area (TPSA) is 112 Å². The first-order valence-corrected chi connectivity index (χ1v) is 12.6. The average Bonchev–Trinajstić information content (AvgIpc) is 3.17. The molecule has 0 saturated carbocycles. The number of nitrogens with one attached hydrogen (secondary N) is 1. The zero-order valence-electron chi connectivity index (χ0n) is 21.5. The van der Waals surface area contributed by atoms with Crippen LogP contribution in [0.25, 0.3) is 21.8 Å². The molecule has 3 heterocycles. The number of esters is 1. The molecule has 1 aliphatic heterocycles. The Kier molecular flexibility index (Phi) is 8.23. The van der Waals surface area contributed by atoms with Crippen LogP contribution < -0.4 is 11.1 Å². The largest absolute Gasteiger partial charge is 0.459 e. The summed E-state index contributed by atoms with van der Waals surface area (Å²) in [6.07, 6.45) is 3.08. The Labute approximate surface area is 211 Å². The third-order valence-electron chi connectivity index (χ3n) is 6.28. The van der Waals surface area contributed by atoms with Gasteiger partial charge in [0.1, 0.15) is 18.2 Å². The summed E-state index contributed by atoms with van der Waals surface area (Å²) in [6, 6.07) is 9.52. The van der Waals surface area contributed by atoms with Crippen molar-refractivity contribution < 1.29 is 19.1 Å². The molecule has 0 spiro atoms. The Morgan fingerprint density at radius 1 is 1.17 bits per heavy atom. The minimum absolute atomic E-state index is 0.0832. The summed E-state index contributed by atoms with van der Waals surface area (Å²) in [5.41, 5.74) is 8.33. The Balaban J connectivity index is 1.46. The highest BCUT2D eigenvalue weighted by molar-refractivity contribution is 6.09. The van der Waals surface area contributed by atoms with Crippen LogP contribution >= 0.6 is 0 Å². The van der Waals surface area contributed by atoms with Crippen molar-refractivity contribution in [1.29, 1.82) is 0 Å². The molecule has 1 amide bonds. The Morgan fingerprint density at radius 2 is 1.92 bits per heavy atom. The first-order valence-electron chi connectivity index (χ1n) is 12.6. The van der Waals surface area contributed by atoms with Crippen molar-refractivity contribution in [1.82, 2.24) is 19.8 Å². The minimum Gasteiger partial charge on any atom is -0.459 e. The van der Waals surface area contributed by atoms with E-state index in [4.69, 9.17) is 15.2 Å². The fraction of sp³-hybridized carbons (Fsp3) is 0.519. The molecule has 1 unspecified atom stereocenters. The number of para-hydroxylation sites is 1. The lowest BCUT2D eigenvalue weighted by molar-refractivity contribution is -0.156. The van der Waals surface area contributed by atoms with E-state index in [1.165, 1.54) is 0 Å². The van der Waals surface area contributed by atoms with Crippen LogP contribution in [-0.2, 0) is 32.2 Å². The fourth-order valence-electron chi connectivity index (χ4n) is 4.56. The lowest BCUT2D eigenvalue weighted by Gasteiger charge is -2.27. The number of amides is 1. The van der Waals surface area contributed by atoms with E-state index in [1.807, 2.05) is 50.1 Å². The summed E-state index contributed by atoms with van der Waals surface area (Å²) in [4.78, 5) is 31.8. The van der Waals surface area contributed by atoms with Gasteiger partial charge in [-0.25, -0.2) is 0 Å². The van der Waals surface area contributed by atoms with E-state index in [0.717, 1.165) is 33.9 Å². The zero-order chi connectivity index (χ0) is 25.7. The number of ether oxygens (including phenoxy) is 2. The van der Waals surface area contributed by atoms with E-state index < -0.39 is 11.6 Å². The highest BCUT2D eigenvalue weighted by atomic mass is 16.6. The van der Waals surface area contributed by atoms with Gasteiger partial charge >= 0.3 is 5.97 Å². The molecule has 4 rings (SSSR count). The van der Waals surface area contributed by atoms with Gasteiger partial charge < -0.3 is 30.0 Å². The number of aromatic nitrogens is 2. The number of hydrogen-bond donors (Lipinski definition) is 2. The average molecular weight is 496 g/mol. The summed E-state index contributed by atoms with van der Waals surface area (Å²) >= 11 is 0. The molecule has 0 radical (unpaired) electrons. The summed E-state index contributed by atoms with van der Waals surface area (Å²) in [7, 11) is 0. The molecule has 3 aromatic rings. The second-order valence-corrected chi connectivity index (χ2v) is 10.2. The number of benzene rings is 1. The van der Waals surface area contributed by atoms with Crippen LogP contribution in [0.1, 0.15) is 39.3 Å². The second kappa shape index (κ2) is 11.4. The van der Waals surface area contributed by atoms with Gasteiger partial charge in [0.2, 0.25) is 5.91 Å².